The van der Waals surface area contributed by atoms with Crippen molar-refractivity contribution in [1.29, 1.82) is 0 Å². The molecule has 33 heavy (non-hydrogen) atoms. The number of imide groups is 1. The van der Waals surface area contributed by atoms with Gasteiger partial charge in [-0.15, -0.1) is 0 Å². The van der Waals surface area contributed by atoms with Crippen molar-refractivity contribution in [3.8, 4) is 11.4 Å². The molecule has 0 saturated carbocycles. The summed E-state index contributed by atoms with van der Waals surface area (Å²) in [6, 6.07) is 11.4. The fraction of sp³-hybridized carbons (Fsp3) is 0.227. The number of ether oxygens (including phenoxy) is 1. The SMILES string of the molecule is CC(C)c1ccc(-c2noc(COC(=O)CN3C(=O)c4cccc([N+](=O)[O-])c4C3=O)n2)cc1. The van der Waals surface area contributed by atoms with Crippen LogP contribution in [0.1, 0.15) is 51.9 Å². The van der Waals surface area contributed by atoms with E-state index in [1.807, 2.05) is 24.3 Å². The number of nitrogens with zero attached hydrogens (tertiary/aromatic N) is 4. The topological polar surface area (TPSA) is 146 Å². The fourth-order valence-corrected chi connectivity index (χ4v) is 3.38. The first-order valence-electron chi connectivity index (χ1n) is 9.98. The number of carbonyl (C=O) groups excluding carboxylic acids is 3. The van der Waals surface area contributed by atoms with Crippen LogP contribution >= 0.6 is 0 Å². The quantitative estimate of drug-likeness (QED) is 0.229. The molecule has 1 aliphatic rings. The zero-order valence-electron chi connectivity index (χ0n) is 17.7. The lowest BCUT2D eigenvalue weighted by atomic mass is 10.0. The maximum absolute atomic E-state index is 12.5. The highest BCUT2D eigenvalue weighted by Gasteiger charge is 2.41. The first kappa shape index (κ1) is 21.8. The Morgan fingerprint density at radius 3 is 2.55 bits per heavy atom. The Balaban J connectivity index is 1.38. The van der Waals surface area contributed by atoms with Crippen molar-refractivity contribution < 1.29 is 28.6 Å². The second kappa shape index (κ2) is 8.61. The number of nitro benzene ring substituents is 1. The van der Waals surface area contributed by atoms with Gasteiger partial charge in [0, 0.05) is 11.6 Å². The molecule has 1 aliphatic heterocycles. The molecule has 3 aromatic rings. The van der Waals surface area contributed by atoms with Gasteiger partial charge >= 0.3 is 5.97 Å². The number of carbonyl (C=O) groups is 3. The first-order valence-corrected chi connectivity index (χ1v) is 9.98. The Bertz CT molecular complexity index is 1260. The summed E-state index contributed by atoms with van der Waals surface area (Å²) < 4.78 is 10.1. The van der Waals surface area contributed by atoms with Crippen LogP contribution in [0.15, 0.2) is 47.0 Å². The molecule has 4 rings (SSSR count). The summed E-state index contributed by atoms with van der Waals surface area (Å²) in [5, 5.41) is 15.0. The van der Waals surface area contributed by atoms with Crippen LogP contribution in [-0.2, 0) is 16.1 Å². The van der Waals surface area contributed by atoms with E-state index in [1.54, 1.807) is 0 Å². The third-order valence-corrected chi connectivity index (χ3v) is 5.12. The van der Waals surface area contributed by atoms with Crippen LogP contribution < -0.4 is 0 Å². The number of esters is 1. The molecule has 0 fully saturated rings. The monoisotopic (exact) mass is 450 g/mol. The molecule has 2 amide bonds. The highest BCUT2D eigenvalue weighted by Crippen LogP contribution is 2.30. The molecule has 2 aromatic carbocycles. The molecular weight excluding hydrogens is 432 g/mol. The number of hydrogen-bond acceptors (Lipinski definition) is 9. The number of aromatic nitrogens is 2. The van der Waals surface area contributed by atoms with E-state index >= 15 is 0 Å². The number of nitro groups is 1. The minimum Gasteiger partial charge on any atom is -0.454 e. The minimum absolute atomic E-state index is 0.0317. The van der Waals surface area contributed by atoms with Gasteiger partial charge in [-0.2, -0.15) is 4.98 Å². The van der Waals surface area contributed by atoms with Crippen LogP contribution in [0.4, 0.5) is 5.69 Å². The van der Waals surface area contributed by atoms with Crippen LogP contribution in [0.3, 0.4) is 0 Å². The molecule has 2 heterocycles. The van der Waals surface area contributed by atoms with E-state index in [4.69, 9.17) is 9.26 Å². The molecule has 0 bridgehead atoms. The van der Waals surface area contributed by atoms with Crippen LogP contribution in [0.25, 0.3) is 11.4 Å². The number of benzene rings is 2. The number of amides is 2. The van der Waals surface area contributed by atoms with Crippen molar-refractivity contribution in [1.82, 2.24) is 15.0 Å². The molecule has 11 heteroatoms. The number of rotatable bonds is 7. The largest absolute Gasteiger partial charge is 0.454 e. The van der Waals surface area contributed by atoms with E-state index in [9.17, 15) is 24.5 Å². The second-order valence-corrected chi connectivity index (χ2v) is 7.60. The molecule has 1 aromatic heterocycles. The lowest BCUT2D eigenvalue weighted by Crippen LogP contribution is -2.35. The van der Waals surface area contributed by atoms with Gasteiger partial charge in [0.25, 0.3) is 23.4 Å². The van der Waals surface area contributed by atoms with Gasteiger partial charge in [0.05, 0.1) is 10.5 Å². The van der Waals surface area contributed by atoms with Gasteiger partial charge in [-0.05, 0) is 17.5 Å². The molecule has 0 saturated heterocycles. The molecule has 0 radical (unpaired) electrons. The molecule has 11 nitrogen and oxygen atoms in total. The summed E-state index contributed by atoms with van der Waals surface area (Å²) in [6.45, 7) is 3.10. The summed E-state index contributed by atoms with van der Waals surface area (Å²) in [5.74, 6) is -1.90. The van der Waals surface area contributed by atoms with E-state index in [2.05, 4.69) is 24.0 Å². The van der Waals surface area contributed by atoms with Gasteiger partial charge in [0.1, 0.15) is 12.1 Å². The predicted octanol–water partition coefficient (Wildman–Crippen LogP) is 3.11. The Kier molecular flexibility index (Phi) is 5.69. The third-order valence-electron chi connectivity index (χ3n) is 5.12. The molecule has 0 spiro atoms. The Hall–Kier alpha value is -4.41. The summed E-state index contributed by atoms with van der Waals surface area (Å²) in [5.41, 5.74) is 0.919. The maximum atomic E-state index is 12.5. The van der Waals surface area contributed by atoms with Crippen LogP contribution in [-0.4, -0.2) is 44.3 Å². The van der Waals surface area contributed by atoms with Gasteiger partial charge in [-0.3, -0.25) is 29.4 Å². The number of fused-ring (bicyclic) bond motifs is 1. The van der Waals surface area contributed by atoms with Crippen molar-refractivity contribution in [3.63, 3.8) is 0 Å². The highest BCUT2D eigenvalue weighted by atomic mass is 16.6. The van der Waals surface area contributed by atoms with Gasteiger partial charge in [0.15, 0.2) is 6.61 Å². The van der Waals surface area contributed by atoms with Crippen molar-refractivity contribution in [2.24, 2.45) is 0 Å². The Labute approximate surface area is 187 Å². The summed E-state index contributed by atoms with van der Waals surface area (Å²) in [4.78, 5) is 52.4. The van der Waals surface area contributed by atoms with Gasteiger partial charge in [-0.1, -0.05) is 49.3 Å². The Morgan fingerprint density at radius 2 is 1.88 bits per heavy atom. The first-order chi connectivity index (χ1) is 15.8. The maximum Gasteiger partial charge on any atom is 0.326 e. The molecule has 0 aliphatic carbocycles. The van der Waals surface area contributed by atoms with Gasteiger partial charge < -0.3 is 9.26 Å². The minimum atomic E-state index is -0.927. The highest BCUT2D eigenvalue weighted by molar-refractivity contribution is 6.24. The standard InChI is InChI=1S/C22H18N4O7/c1-12(2)13-6-8-14(9-7-13)20-23-17(33-24-20)11-32-18(27)10-25-21(28)15-4-3-5-16(26(30)31)19(15)22(25)29/h3-9,12H,10-11H2,1-2H3. The average molecular weight is 450 g/mol. The van der Waals surface area contributed by atoms with Crippen LogP contribution in [0.5, 0.6) is 0 Å². The third kappa shape index (κ3) is 4.20. The van der Waals surface area contributed by atoms with Crippen molar-refractivity contribution in [2.75, 3.05) is 6.54 Å². The van der Waals surface area contributed by atoms with E-state index in [0.717, 1.165) is 17.2 Å². The van der Waals surface area contributed by atoms with Gasteiger partial charge in [0.2, 0.25) is 5.82 Å². The van der Waals surface area contributed by atoms with Gasteiger partial charge in [-0.25, -0.2) is 0 Å². The average Bonchev–Trinajstić information content (AvgIpc) is 3.37. The Morgan fingerprint density at radius 1 is 1.15 bits per heavy atom. The van der Waals surface area contributed by atoms with Crippen molar-refractivity contribution in [2.45, 2.75) is 26.4 Å². The normalized spacial score (nSPS) is 12.9. The summed E-state index contributed by atoms with van der Waals surface area (Å²) in [7, 11) is 0. The van der Waals surface area contributed by atoms with Crippen LogP contribution in [0.2, 0.25) is 0 Å². The van der Waals surface area contributed by atoms with E-state index in [1.165, 1.54) is 12.1 Å². The zero-order chi connectivity index (χ0) is 23.7. The fourth-order valence-electron chi connectivity index (χ4n) is 3.38. The molecular formula is C22H18N4O7. The van der Waals surface area contributed by atoms with Crippen molar-refractivity contribution >= 4 is 23.5 Å². The van der Waals surface area contributed by atoms with E-state index < -0.39 is 34.9 Å². The molecule has 0 atom stereocenters. The smallest absolute Gasteiger partial charge is 0.326 e. The number of hydrogen-bond donors (Lipinski definition) is 0. The lowest BCUT2D eigenvalue weighted by Gasteiger charge is -2.12. The molecule has 0 unspecified atom stereocenters. The van der Waals surface area contributed by atoms with E-state index in [0.29, 0.717) is 16.6 Å². The van der Waals surface area contributed by atoms with Crippen molar-refractivity contribution in [3.05, 3.63) is 75.2 Å². The second-order valence-electron chi connectivity index (χ2n) is 7.60. The molecule has 168 valence electrons. The zero-order valence-corrected chi connectivity index (χ0v) is 17.7. The lowest BCUT2D eigenvalue weighted by molar-refractivity contribution is -0.385. The van der Waals surface area contributed by atoms with Crippen LogP contribution in [0, 0.1) is 10.1 Å². The van der Waals surface area contributed by atoms with E-state index in [-0.39, 0.29) is 23.6 Å². The summed E-state index contributed by atoms with van der Waals surface area (Å²) in [6.07, 6.45) is 0. The summed E-state index contributed by atoms with van der Waals surface area (Å²) >= 11 is 0. The predicted molar refractivity (Wildman–Crippen MR) is 112 cm³/mol. The molecule has 0 N–H and O–H groups in total.